The molecule has 94 valence electrons. The minimum atomic E-state index is -6.00. The zero-order valence-electron chi connectivity index (χ0n) is 9.74. The van der Waals surface area contributed by atoms with Gasteiger partial charge in [0.1, 0.15) is 11.5 Å². The standard InChI is InChI=1S/C9H21S.BF4/c1-4-6-8-10(3)9-7-5-2;2-1(3,4)5/h4-9H2,1-3H3;/q+1;-1. The summed E-state index contributed by atoms with van der Waals surface area (Å²) in [5, 5.41) is 0. The lowest BCUT2D eigenvalue weighted by atomic mass is 10.3. The molecule has 0 aromatic carbocycles. The van der Waals surface area contributed by atoms with Crippen LogP contribution in [0.15, 0.2) is 0 Å². The van der Waals surface area contributed by atoms with Crippen LogP contribution in [0.1, 0.15) is 39.5 Å². The van der Waals surface area contributed by atoms with Gasteiger partial charge in [0, 0.05) is 0 Å². The molecule has 0 nitrogen and oxygen atoms in total. The fourth-order valence-corrected chi connectivity index (χ4v) is 2.65. The Morgan fingerprint density at radius 3 is 1.33 bits per heavy atom. The molecule has 0 atom stereocenters. The molecule has 0 aliphatic heterocycles. The number of rotatable bonds is 6. The zero-order chi connectivity index (χ0) is 12.3. The van der Waals surface area contributed by atoms with Gasteiger partial charge in [0.25, 0.3) is 0 Å². The van der Waals surface area contributed by atoms with Crippen molar-refractivity contribution in [2.45, 2.75) is 39.5 Å². The zero-order valence-corrected chi connectivity index (χ0v) is 10.6. The van der Waals surface area contributed by atoms with Gasteiger partial charge in [-0.2, -0.15) is 0 Å². The molecule has 15 heavy (non-hydrogen) atoms. The highest BCUT2D eigenvalue weighted by atomic mass is 32.2. The average molecular weight is 248 g/mol. The Balaban J connectivity index is 0. The molecule has 0 aliphatic carbocycles. The molecule has 0 N–H and O–H groups in total. The van der Waals surface area contributed by atoms with Crippen LogP contribution in [0.5, 0.6) is 0 Å². The molecule has 0 bridgehead atoms. The van der Waals surface area contributed by atoms with Crippen LogP contribution in [0, 0.1) is 0 Å². The van der Waals surface area contributed by atoms with Crippen molar-refractivity contribution >= 4 is 18.1 Å². The van der Waals surface area contributed by atoms with E-state index in [0.717, 1.165) is 10.9 Å². The monoisotopic (exact) mass is 248 g/mol. The predicted octanol–water partition coefficient (Wildman–Crippen LogP) is 4.13. The molecule has 0 radical (unpaired) electrons. The number of unbranched alkanes of at least 4 members (excludes halogenated alkanes) is 2. The van der Waals surface area contributed by atoms with Crippen molar-refractivity contribution in [3.63, 3.8) is 0 Å². The Labute approximate surface area is 93.3 Å². The van der Waals surface area contributed by atoms with Crippen LogP contribution in [-0.4, -0.2) is 25.0 Å². The molecular weight excluding hydrogens is 227 g/mol. The Morgan fingerprint density at radius 2 is 1.13 bits per heavy atom. The molecular formula is C9H21BF4S. The van der Waals surface area contributed by atoms with E-state index in [1.54, 1.807) is 0 Å². The molecule has 0 spiro atoms. The average Bonchev–Trinajstić information content (AvgIpc) is 2.08. The molecule has 0 unspecified atom stereocenters. The molecule has 0 saturated heterocycles. The Kier molecular flexibility index (Phi) is 12.4. The lowest BCUT2D eigenvalue weighted by Crippen LogP contribution is -2.09. The molecule has 0 amide bonds. The van der Waals surface area contributed by atoms with Gasteiger partial charge in [-0.3, -0.25) is 0 Å². The smallest absolute Gasteiger partial charge is 0.418 e. The van der Waals surface area contributed by atoms with Crippen molar-refractivity contribution in [2.24, 2.45) is 0 Å². The van der Waals surface area contributed by atoms with Crippen molar-refractivity contribution in [1.82, 2.24) is 0 Å². The summed E-state index contributed by atoms with van der Waals surface area (Å²) in [7, 11) is -5.27. The summed E-state index contributed by atoms with van der Waals surface area (Å²) in [6, 6.07) is 0. The lowest BCUT2D eigenvalue weighted by molar-refractivity contribution is 0.368. The van der Waals surface area contributed by atoms with Gasteiger partial charge in [-0.25, -0.2) is 0 Å². The number of hydrogen-bond acceptors (Lipinski definition) is 0. The van der Waals surface area contributed by atoms with Gasteiger partial charge in [0.15, 0.2) is 0 Å². The van der Waals surface area contributed by atoms with Gasteiger partial charge in [-0.15, -0.1) is 0 Å². The van der Waals surface area contributed by atoms with Crippen molar-refractivity contribution in [1.29, 1.82) is 0 Å². The second kappa shape index (κ2) is 10.6. The first-order valence-electron chi connectivity index (χ1n) is 5.27. The first kappa shape index (κ1) is 17.5. The van der Waals surface area contributed by atoms with Crippen LogP contribution in [0.25, 0.3) is 0 Å². The predicted molar refractivity (Wildman–Crippen MR) is 63.0 cm³/mol. The summed E-state index contributed by atoms with van der Waals surface area (Å²) in [6.07, 6.45) is 8.00. The molecule has 0 fully saturated rings. The minimum Gasteiger partial charge on any atom is -0.418 e. The largest absolute Gasteiger partial charge is 0.673 e. The summed E-state index contributed by atoms with van der Waals surface area (Å²) in [4.78, 5) is 0. The van der Waals surface area contributed by atoms with Crippen LogP contribution in [-0.2, 0) is 10.9 Å². The number of hydrogen-bond donors (Lipinski definition) is 0. The molecule has 0 aromatic heterocycles. The van der Waals surface area contributed by atoms with Crippen LogP contribution in [0.4, 0.5) is 17.3 Å². The highest BCUT2D eigenvalue weighted by molar-refractivity contribution is 7.96. The van der Waals surface area contributed by atoms with E-state index in [1.807, 2.05) is 0 Å². The normalized spacial score (nSPS) is 11.2. The van der Waals surface area contributed by atoms with Gasteiger partial charge in [0.05, 0.1) is 6.26 Å². The van der Waals surface area contributed by atoms with E-state index in [0.29, 0.717) is 0 Å². The van der Waals surface area contributed by atoms with Gasteiger partial charge in [-0.05, 0) is 23.7 Å². The van der Waals surface area contributed by atoms with E-state index < -0.39 is 7.25 Å². The summed E-state index contributed by atoms with van der Waals surface area (Å²) in [5.74, 6) is 2.94. The van der Waals surface area contributed by atoms with Crippen molar-refractivity contribution in [3.8, 4) is 0 Å². The minimum absolute atomic E-state index is 0.730. The Hall–Kier alpha value is 0.135. The van der Waals surface area contributed by atoms with E-state index in [-0.39, 0.29) is 0 Å². The quantitative estimate of drug-likeness (QED) is 0.376. The van der Waals surface area contributed by atoms with Gasteiger partial charge in [0.2, 0.25) is 0 Å². The second-order valence-corrected chi connectivity index (χ2v) is 5.77. The highest BCUT2D eigenvalue weighted by Crippen LogP contribution is 2.06. The fourth-order valence-electron chi connectivity index (χ4n) is 0.884. The van der Waals surface area contributed by atoms with E-state index in [4.69, 9.17) is 0 Å². The Morgan fingerprint density at radius 1 is 0.867 bits per heavy atom. The van der Waals surface area contributed by atoms with E-state index >= 15 is 0 Å². The molecule has 0 aliphatic rings. The molecule has 0 rings (SSSR count). The maximum atomic E-state index is 9.75. The topological polar surface area (TPSA) is 0 Å². The molecule has 0 heterocycles. The van der Waals surface area contributed by atoms with Gasteiger partial charge in [-0.1, -0.05) is 26.7 Å². The number of halogens is 4. The summed E-state index contributed by atoms with van der Waals surface area (Å²) >= 11 is 0. The van der Waals surface area contributed by atoms with Crippen molar-refractivity contribution in [3.05, 3.63) is 0 Å². The van der Waals surface area contributed by atoms with E-state index in [9.17, 15) is 17.3 Å². The van der Waals surface area contributed by atoms with E-state index in [1.165, 1.54) is 37.2 Å². The third-order valence-electron chi connectivity index (χ3n) is 1.69. The third kappa shape index (κ3) is 31.5. The maximum Gasteiger partial charge on any atom is 0.673 e. The summed E-state index contributed by atoms with van der Waals surface area (Å²) in [6.45, 7) is 4.55. The molecule has 0 saturated carbocycles. The van der Waals surface area contributed by atoms with E-state index in [2.05, 4.69) is 20.1 Å². The maximum absolute atomic E-state index is 9.75. The first-order valence-corrected chi connectivity index (χ1v) is 7.24. The second-order valence-electron chi connectivity index (χ2n) is 3.39. The van der Waals surface area contributed by atoms with Crippen LogP contribution in [0.2, 0.25) is 0 Å². The van der Waals surface area contributed by atoms with Crippen LogP contribution in [0.3, 0.4) is 0 Å². The van der Waals surface area contributed by atoms with Crippen LogP contribution < -0.4 is 0 Å². The third-order valence-corrected chi connectivity index (χ3v) is 3.66. The lowest BCUT2D eigenvalue weighted by Gasteiger charge is -2.00. The van der Waals surface area contributed by atoms with Gasteiger partial charge < -0.3 is 17.3 Å². The highest BCUT2D eigenvalue weighted by Gasteiger charge is 2.20. The van der Waals surface area contributed by atoms with Crippen molar-refractivity contribution in [2.75, 3.05) is 17.8 Å². The van der Waals surface area contributed by atoms with Gasteiger partial charge >= 0.3 is 7.25 Å². The Bertz CT molecular complexity index is 116. The molecule has 0 aromatic rings. The summed E-state index contributed by atoms with van der Waals surface area (Å²) < 4.78 is 39.0. The SMILES string of the molecule is CCCC[S+](C)CCCC.F[B-](F)(F)F. The first-order chi connectivity index (χ1) is 6.81. The molecule has 6 heteroatoms. The summed E-state index contributed by atoms with van der Waals surface area (Å²) in [5.41, 5.74) is 0. The fraction of sp³-hybridized carbons (Fsp3) is 1.00. The van der Waals surface area contributed by atoms with Crippen molar-refractivity contribution < 1.29 is 17.3 Å². The van der Waals surface area contributed by atoms with Crippen LogP contribution >= 0.6 is 0 Å².